The molecule has 0 aliphatic carbocycles. The van der Waals surface area contributed by atoms with Crippen molar-refractivity contribution in [3.63, 3.8) is 0 Å². The zero-order valence-electron chi connectivity index (χ0n) is 12.6. The number of nitrogens with one attached hydrogen (secondary N) is 2. The highest BCUT2D eigenvalue weighted by molar-refractivity contribution is 7.80. The summed E-state index contributed by atoms with van der Waals surface area (Å²) < 4.78 is 0.937. The van der Waals surface area contributed by atoms with Crippen molar-refractivity contribution in [3.05, 3.63) is 64.1 Å². The number of halogens is 2. The van der Waals surface area contributed by atoms with Crippen molar-refractivity contribution < 1.29 is 4.79 Å². The summed E-state index contributed by atoms with van der Waals surface area (Å²) in [4.78, 5) is 16.3. The quantitative estimate of drug-likeness (QED) is 0.466. The van der Waals surface area contributed by atoms with Crippen molar-refractivity contribution >= 4 is 79.2 Å². The van der Waals surface area contributed by atoms with Gasteiger partial charge in [0.05, 0.1) is 9.72 Å². The van der Waals surface area contributed by atoms with Crippen LogP contribution in [0, 0.1) is 0 Å². The molecular formula is C17H11Cl2N3OS2. The molecular weight excluding hydrogens is 397 g/mol. The maximum Gasteiger partial charge on any atom is 0.250 e. The van der Waals surface area contributed by atoms with Crippen molar-refractivity contribution in [3.8, 4) is 0 Å². The van der Waals surface area contributed by atoms with Gasteiger partial charge < -0.3 is 5.32 Å². The minimum absolute atomic E-state index is 0.168. The number of carbonyl (C=O) groups excluding carboxylic acids is 1. The number of thiocarbonyl (C=S) groups is 1. The monoisotopic (exact) mass is 407 g/mol. The molecule has 1 aromatic heterocycles. The number of anilines is 1. The summed E-state index contributed by atoms with van der Waals surface area (Å²) >= 11 is 18.5. The molecule has 0 saturated carbocycles. The molecule has 2 aromatic carbocycles. The van der Waals surface area contributed by atoms with Crippen LogP contribution >= 0.6 is 46.8 Å². The first-order valence-electron chi connectivity index (χ1n) is 7.12. The van der Waals surface area contributed by atoms with Gasteiger partial charge in [-0.15, -0.1) is 0 Å². The van der Waals surface area contributed by atoms with Crippen molar-refractivity contribution in [1.29, 1.82) is 0 Å². The first-order valence-corrected chi connectivity index (χ1v) is 9.10. The van der Waals surface area contributed by atoms with Gasteiger partial charge in [0.15, 0.2) is 10.2 Å². The van der Waals surface area contributed by atoms with Gasteiger partial charge in [0, 0.05) is 11.1 Å². The summed E-state index contributed by atoms with van der Waals surface area (Å²) in [6, 6.07) is 12.7. The van der Waals surface area contributed by atoms with E-state index >= 15 is 0 Å². The number of benzene rings is 2. The molecule has 0 saturated heterocycles. The maximum atomic E-state index is 11.9. The van der Waals surface area contributed by atoms with Gasteiger partial charge in [-0.1, -0.05) is 52.7 Å². The molecule has 3 rings (SSSR count). The Morgan fingerprint density at radius 2 is 1.92 bits per heavy atom. The summed E-state index contributed by atoms with van der Waals surface area (Å²) in [6.07, 6.45) is 3.07. The molecule has 4 nitrogen and oxygen atoms in total. The van der Waals surface area contributed by atoms with E-state index in [9.17, 15) is 4.79 Å². The Balaban J connectivity index is 1.60. The molecule has 0 bridgehead atoms. The average molecular weight is 408 g/mol. The molecule has 1 heterocycles. The van der Waals surface area contributed by atoms with Crippen LogP contribution in [0.25, 0.3) is 16.3 Å². The lowest BCUT2D eigenvalue weighted by Crippen LogP contribution is -2.32. The normalized spacial score (nSPS) is 11.0. The minimum Gasteiger partial charge on any atom is -0.308 e. The third kappa shape index (κ3) is 4.76. The first-order chi connectivity index (χ1) is 12.0. The van der Waals surface area contributed by atoms with E-state index in [0.29, 0.717) is 20.7 Å². The SMILES string of the molecule is O=C(/C=C/c1ccc(Cl)cc1)NC(=S)Nc1nc2c(Cl)cccc2s1. The van der Waals surface area contributed by atoms with Crippen LogP contribution in [-0.2, 0) is 4.79 Å². The maximum absolute atomic E-state index is 11.9. The Bertz CT molecular complexity index is 968. The van der Waals surface area contributed by atoms with E-state index in [1.165, 1.54) is 17.4 Å². The van der Waals surface area contributed by atoms with Gasteiger partial charge in [-0.2, -0.15) is 0 Å². The Morgan fingerprint density at radius 3 is 2.64 bits per heavy atom. The summed E-state index contributed by atoms with van der Waals surface area (Å²) in [5, 5.41) is 7.41. The number of hydrogen-bond acceptors (Lipinski definition) is 4. The van der Waals surface area contributed by atoms with Crippen LogP contribution in [0.5, 0.6) is 0 Å². The predicted molar refractivity (Wildman–Crippen MR) is 109 cm³/mol. The Hall–Kier alpha value is -1.99. The highest BCUT2D eigenvalue weighted by atomic mass is 35.5. The lowest BCUT2D eigenvalue weighted by Gasteiger charge is -2.04. The number of aromatic nitrogens is 1. The standard InChI is InChI=1S/C17H11Cl2N3OS2/c18-11-7-4-10(5-8-11)6-9-14(23)20-16(24)22-17-21-15-12(19)2-1-3-13(15)25-17/h1-9H,(H2,20,21,22,23,24)/b9-6+. The van der Waals surface area contributed by atoms with E-state index < -0.39 is 0 Å². The Kier molecular flexibility index (Phi) is 5.65. The molecule has 0 unspecified atom stereocenters. The van der Waals surface area contributed by atoms with Gasteiger partial charge in [0.1, 0.15) is 5.52 Å². The van der Waals surface area contributed by atoms with Crippen LogP contribution in [0.1, 0.15) is 5.56 Å². The van der Waals surface area contributed by atoms with Crippen LogP contribution in [0.2, 0.25) is 10.0 Å². The molecule has 0 aliphatic rings. The van der Waals surface area contributed by atoms with E-state index in [1.807, 2.05) is 24.3 Å². The number of amides is 1. The van der Waals surface area contributed by atoms with Crippen LogP contribution in [0.3, 0.4) is 0 Å². The number of para-hydroxylation sites is 1. The molecule has 0 fully saturated rings. The van der Waals surface area contributed by atoms with Crippen molar-refractivity contribution in [2.45, 2.75) is 0 Å². The largest absolute Gasteiger partial charge is 0.308 e. The summed E-state index contributed by atoms with van der Waals surface area (Å²) in [6.45, 7) is 0. The number of thiazole rings is 1. The molecule has 0 spiro atoms. The summed E-state index contributed by atoms with van der Waals surface area (Å²) in [7, 11) is 0. The molecule has 2 N–H and O–H groups in total. The fraction of sp³-hybridized carbons (Fsp3) is 0. The van der Waals surface area contributed by atoms with Crippen molar-refractivity contribution in [1.82, 2.24) is 10.3 Å². The highest BCUT2D eigenvalue weighted by Crippen LogP contribution is 2.30. The smallest absolute Gasteiger partial charge is 0.250 e. The fourth-order valence-corrected chi connectivity index (χ4v) is 3.55. The average Bonchev–Trinajstić information content (AvgIpc) is 2.98. The van der Waals surface area contributed by atoms with Gasteiger partial charge in [0.2, 0.25) is 5.91 Å². The second kappa shape index (κ2) is 7.93. The number of hydrogen-bond donors (Lipinski definition) is 2. The van der Waals surface area contributed by atoms with E-state index in [-0.39, 0.29) is 11.0 Å². The van der Waals surface area contributed by atoms with E-state index in [0.717, 1.165) is 10.3 Å². The van der Waals surface area contributed by atoms with Crippen molar-refractivity contribution in [2.75, 3.05) is 5.32 Å². The van der Waals surface area contributed by atoms with Crippen LogP contribution in [0.4, 0.5) is 5.13 Å². The van der Waals surface area contributed by atoms with Gasteiger partial charge in [-0.3, -0.25) is 10.1 Å². The Morgan fingerprint density at radius 1 is 1.16 bits per heavy atom. The van der Waals surface area contributed by atoms with Crippen LogP contribution in [-0.4, -0.2) is 16.0 Å². The van der Waals surface area contributed by atoms with Crippen LogP contribution in [0.15, 0.2) is 48.5 Å². The lowest BCUT2D eigenvalue weighted by atomic mass is 10.2. The molecule has 8 heteroatoms. The molecule has 0 atom stereocenters. The number of carbonyl (C=O) groups is 1. The second-order valence-electron chi connectivity index (χ2n) is 4.93. The molecule has 0 aliphatic heterocycles. The molecule has 0 radical (unpaired) electrons. The van der Waals surface area contributed by atoms with E-state index in [1.54, 1.807) is 24.3 Å². The summed E-state index contributed by atoms with van der Waals surface area (Å²) in [5.74, 6) is -0.341. The van der Waals surface area contributed by atoms with Gasteiger partial charge in [-0.25, -0.2) is 4.98 Å². The third-order valence-electron chi connectivity index (χ3n) is 3.12. The molecule has 3 aromatic rings. The van der Waals surface area contributed by atoms with Gasteiger partial charge in [0.25, 0.3) is 0 Å². The highest BCUT2D eigenvalue weighted by Gasteiger charge is 2.09. The van der Waals surface area contributed by atoms with Crippen molar-refractivity contribution in [2.24, 2.45) is 0 Å². The lowest BCUT2D eigenvalue weighted by molar-refractivity contribution is -0.115. The zero-order chi connectivity index (χ0) is 17.8. The number of fused-ring (bicyclic) bond motifs is 1. The molecule has 126 valence electrons. The van der Waals surface area contributed by atoms with Gasteiger partial charge in [-0.05, 0) is 48.1 Å². The summed E-state index contributed by atoms with van der Waals surface area (Å²) in [5.41, 5.74) is 1.56. The Labute approximate surface area is 163 Å². The number of nitrogens with zero attached hydrogens (tertiary/aromatic N) is 1. The topological polar surface area (TPSA) is 54.0 Å². The van der Waals surface area contributed by atoms with E-state index in [4.69, 9.17) is 35.4 Å². The van der Waals surface area contributed by atoms with E-state index in [2.05, 4.69) is 15.6 Å². The first kappa shape index (κ1) is 17.8. The second-order valence-corrected chi connectivity index (χ2v) is 7.22. The third-order valence-corrected chi connectivity index (χ3v) is 4.82. The number of rotatable bonds is 3. The fourth-order valence-electron chi connectivity index (χ4n) is 2.00. The van der Waals surface area contributed by atoms with Gasteiger partial charge >= 0.3 is 0 Å². The molecule has 25 heavy (non-hydrogen) atoms. The zero-order valence-corrected chi connectivity index (χ0v) is 15.8. The molecule has 1 amide bonds. The minimum atomic E-state index is -0.341. The predicted octanol–water partition coefficient (Wildman–Crippen LogP) is 5.13. The van der Waals surface area contributed by atoms with Crippen LogP contribution < -0.4 is 10.6 Å².